The summed E-state index contributed by atoms with van der Waals surface area (Å²) in [7, 11) is 0. The molecule has 0 fully saturated rings. The summed E-state index contributed by atoms with van der Waals surface area (Å²) < 4.78 is 0. The molecule has 7 nitrogen and oxygen atoms in total. The van der Waals surface area contributed by atoms with Gasteiger partial charge in [0, 0.05) is 29.8 Å². The van der Waals surface area contributed by atoms with E-state index in [2.05, 4.69) is 17.5 Å². The number of nitro benzene ring substituents is 2. The van der Waals surface area contributed by atoms with Crippen molar-refractivity contribution in [3.63, 3.8) is 0 Å². The summed E-state index contributed by atoms with van der Waals surface area (Å²) in [4.78, 5) is 21.6. The predicted octanol–water partition coefficient (Wildman–Crippen LogP) is 5.29. The molecule has 0 aromatic heterocycles. The van der Waals surface area contributed by atoms with Crippen molar-refractivity contribution in [3.8, 4) is 0 Å². The van der Waals surface area contributed by atoms with Crippen molar-refractivity contribution in [1.82, 2.24) is 0 Å². The van der Waals surface area contributed by atoms with Gasteiger partial charge < -0.3 is 5.32 Å². The van der Waals surface area contributed by atoms with Crippen molar-refractivity contribution in [2.24, 2.45) is 5.92 Å². The van der Waals surface area contributed by atoms with Gasteiger partial charge in [-0.15, -0.1) is 0 Å². The number of halogens is 1. The van der Waals surface area contributed by atoms with Crippen LogP contribution in [-0.2, 0) is 0 Å². The fourth-order valence-corrected chi connectivity index (χ4v) is 4.35. The van der Waals surface area contributed by atoms with E-state index in [4.69, 9.17) is 11.6 Å². The molecule has 3 atom stereocenters. The van der Waals surface area contributed by atoms with E-state index in [0.29, 0.717) is 0 Å². The second-order valence-electron chi connectivity index (χ2n) is 6.93. The normalized spacial score (nSPS) is 22.7. The van der Waals surface area contributed by atoms with Gasteiger partial charge in [-0.2, -0.15) is 0 Å². The highest BCUT2D eigenvalue weighted by Crippen LogP contribution is 2.51. The molecule has 0 spiro atoms. The number of non-ortho nitro benzene ring substituents is 1. The van der Waals surface area contributed by atoms with Crippen molar-refractivity contribution in [2.75, 3.05) is 5.32 Å². The van der Waals surface area contributed by atoms with Gasteiger partial charge in [0.05, 0.1) is 15.9 Å². The molecule has 1 aliphatic heterocycles. The topological polar surface area (TPSA) is 98.3 Å². The molecule has 2 aromatic carbocycles. The van der Waals surface area contributed by atoms with E-state index in [1.165, 1.54) is 6.07 Å². The van der Waals surface area contributed by atoms with Crippen LogP contribution in [-0.4, -0.2) is 9.85 Å². The first-order valence-corrected chi connectivity index (χ1v) is 8.90. The highest BCUT2D eigenvalue weighted by atomic mass is 35.5. The van der Waals surface area contributed by atoms with Crippen molar-refractivity contribution in [2.45, 2.75) is 25.3 Å². The van der Waals surface area contributed by atoms with Gasteiger partial charge in [0.15, 0.2) is 0 Å². The van der Waals surface area contributed by atoms with Gasteiger partial charge in [-0.25, -0.2) is 0 Å². The van der Waals surface area contributed by atoms with E-state index in [-0.39, 0.29) is 39.2 Å². The zero-order valence-corrected chi connectivity index (χ0v) is 15.1. The average Bonchev–Trinajstić information content (AvgIpc) is 3.11. The molecule has 4 rings (SSSR count). The Kier molecular flexibility index (Phi) is 4.11. The van der Waals surface area contributed by atoms with E-state index in [1.807, 2.05) is 6.92 Å². The third-order valence-corrected chi connectivity index (χ3v) is 5.71. The van der Waals surface area contributed by atoms with Crippen LogP contribution in [0.25, 0.3) is 0 Å². The Balaban J connectivity index is 1.82. The quantitative estimate of drug-likeness (QED) is 0.439. The predicted molar refractivity (Wildman–Crippen MR) is 102 cm³/mol. The number of fused-ring (bicyclic) bond motifs is 3. The van der Waals surface area contributed by atoms with Gasteiger partial charge in [0.2, 0.25) is 0 Å². The molecule has 8 heteroatoms. The highest BCUT2D eigenvalue weighted by molar-refractivity contribution is 6.32. The Hall–Kier alpha value is -2.93. The summed E-state index contributed by atoms with van der Waals surface area (Å²) in [5.74, 6) is 0.152. The lowest BCUT2D eigenvalue weighted by Gasteiger charge is -2.38. The van der Waals surface area contributed by atoms with Gasteiger partial charge in [-0.1, -0.05) is 29.8 Å². The second-order valence-corrected chi connectivity index (χ2v) is 7.33. The lowest BCUT2D eigenvalue weighted by Crippen LogP contribution is -2.29. The third kappa shape index (κ3) is 2.84. The molecular formula is C19H16ClN3O4. The molecule has 0 bridgehead atoms. The van der Waals surface area contributed by atoms with Crippen LogP contribution in [0.1, 0.15) is 35.1 Å². The number of nitrogens with zero attached hydrogens (tertiary/aromatic N) is 2. The Bertz CT molecular complexity index is 1000. The van der Waals surface area contributed by atoms with Gasteiger partial charge in [-0.3, -0.25) is 20.2 Å². The molecule has 1 heterocycles. The molecule has 1 N–H and O–H groups in total. The zero-order valence-electron chi connectivity index (χ0n) is 14.4. The first-order valence-electron chi connectivity index (χ1n) is 8.53. The van der Waals surface area contributed by atoms with Crippen LogP contribution in [0, 0.1) is 33.1 Å². The van der Waals surface area contributed by atoms with Crippen molar-refractivity contribution in [1.29, 1.82) is 0 Å². The number of allylic oxidation sites excluding steroid dienone is 2. The van der Waals surface area contributed by atoms with E-state index >= 15 is 0 Å². The number of nitrogens with one attached hydrogen (secondary N) is 1. The lowest BCUT2D eigenvalue weighted by atomic mass is 9.76. The van der Waals surface area contributed by atoms with Gasteiger partial charge >= 0.3 is 0 Å². The number of hydrogen-bond donors (Lipinski definition) is 1. The Morgan fingerprint density at radius 1 is 1.15 bits per heavy atom. The number of anilines is 1. The lowest BCUT2D eigenvalue weighted by molar-refractivity contribution is -0.385. The minimum atomic E-state index is -0.485. The Morgan fingerprint density at radius 3 is 2.63 bits per heavy atom. The first-order chi connectivity index (χ1) is 12.9. The standard InChI is InChI=1S/C19H16ClN3O4/c1-10-7-12(22(24)25)9-15-13-3-2-4-14(13)19(21-18(10)15)11-5-6-16(20)17(8-11)23(26)27/h2-3,5-9,13-14,19,21H,4H2,1H3/t13-,14+,19+/m0/s1. The molecule has 1 aliphatic carbocycles. The minimum absolute atomic E-state index is 0.0274. The number of aryl methyl sites for hydroxylation is 1. The summed E-state index contributed by atoms with van der Waals surface area (Å²) in [6, 6.07) is 7.89. The van der Waals surface area contributed by atoms with Crippen LogP contribution < -0.4 is 5.32 Å². The third-order valence-electron chi connectivity index (χ3n) is 5.39. The van der Waals surface area contributed by atoms with Crippen LogP contribution in [0.4, 0.5) is 17.1 Å². The number of rotatable bonds is 3. The van der Waals surface area contributed by atoms with Crippen LogP contribution in [0.15, 0.2) is 42.5 Å². The smallest absolute Gasteiger partial charge is 0.288 e. The Morgan fingerprint density at radius 2 is 1.93 bits per heavy atom. The summed E-state index contributed by atoms with van der Waals surface area (Å²) in [6.07, 6.45) is 4.93. The van der Waals surface area contributed by atoms with Crippen LogP contribution >= 0.6 is 11.6 Å². The van der Waals surface area contributed by atoms with E-state index in [9.17, 15) is 20.2 Å². The van der Waals surface area contributed by atoms with Gasteiger partial charge in [0.25, 0.3) is 11.4 Å². The highest BCUT2D eigenvalue weighted by Gasteiger charge is 2.39. The van der Waals surface area contributed by atoms with Crippen LogP contribution in [0.5, 0.6) is 0 Å². The van der Waals surface area contributed by atoms with Crippen molar-refractivity contribution >= 4 is 28.7 Å². The minimum Gasteiger partial charge on any atom is -0.377 e. The summed E-state index contributed by atoms with van der Waals surface area (Å²) in [6.45, 7) is 1.83. The monoisotopic (exact) mass is 385 g/mol. The number of benzene rings is 2. The second kappa shape index (κ2) is 6.35. The van der Waals surface area contributed by atoms with E-state index in [0.717, 1.165) is 28.8 Å². The summed E-state index contributed by atoms with van der Waals surface area (Å²) in [5.41, 5.74) is 3.29. The molecule has 138 valence electrons. The maximum absolute atomic E-state index is 11.3. The molecule has 0 saturated heterocycles. The molecule has 2 aromatic rings. The number of hydrogen-bond acceptors (Lipinski definition) is 5. The van der Waals surface area contributed by atoms with E-state index < -0.39 is 4.92 Å². The summed E-state index contributed by atoms with van der Waals surface area (Å²) >= 11 is 5.96. The maximum atomic E-state index is 11.3. The zero-order chi connectivity index (χ0) is 19.3. The van der Waals surface area contributed by atoms with Crippen LogP contribution in [0.2, 0.25) is 5.02 Å². The van der Waals surface area contributed by atoms with Crippen molar-refractivity contribution < 1.29 is 9.85 Å². The molecule has 27 heavy (non-hydrogen) atoms. The number of nitro groups is 2. The van der Waals surface area contributed by atoms with E-state index in [1.54, 1.807) is 24.3 Å². The largest absolute Gasteiger partial charge is 0.377 e. The molecule has 0 saturated carbocycles. The van der Waals surface area contributed by atoms with Gasteiger partial charge in [0.1, 0.15) is 5.02 Å². The van der Waals surface area contributed by atoms with Crippen LogP contribution in [0.3, 0.4) is 0 Å². The Labute approximate surface area is 160 Å². The SMILES string of the molecule is Cc1cc([N+](=O)[O-])cc2c1N[C@H](c1ccc(Cl)c([N+](=O)[O-])c1)[C@@H]1CC=C[C@H]21. The molecule has 0 unspecified atom stereocenters. The average molecular weight is 386 g/mol. The first kappa shape index (κ1) is 17.5. The maximum Gasteiger partial charge on any atom is 0.288 e. The molecular weight excluding hydrogens is 370 g/mol. The fraction of sp³-hybridized carbons (Fsp3) is 0.263. The molecule has 0 radical (unpaired) electrons. The molecule has 0 amide bonds. The molecule has 2 aliphatic rings. The van der Waals surface area contributed by atoms with Gasteiger partial charge in [-0.05, 0) is 42.0 Å². The van der Waals surface area contributed by atoms with Crippen molar-refractivity contribution in [3.05, 3.63) is 84.4 Å². The summed E-state index contributed by atoms with van der Waals surface area (Å²) in [5, 5.41) is 26.1. The fourth-order valence-electron chi connectivity index (χ4n) is 4.17.